The minimum atomic E-state index is -1.25. The fourth-order valence-electron chi connectivity index (χ4n) is 2.11. The molecular weight excluding hydrogens is 284 g/mol. The average molecular weight is 308 g/mol. The number of carbonyl (C=O) groups is 2. The first kappa shape index (κ1) is 18.2. The van der Waals surface area contributed by atoms with Gasteiger partial charge in [-0.25, -0.2) is 4.79 Å². The van der Waals surface area contributed by atoms with Crippen molar-refractivity contribution in [3.8, 4) is 0 Å². The molecule has 2 unspecified atom stereocenters. The molecule has 0 aliphatic carbocycles. The molecule has 0 aromatic rings. The summed E-state index contributed by atoms with van der Waals surface area (Å²) < 4.78 is 10.6. The van der Waals surface area contributed by atoms with Gasteiger partial charge in [0.2, 0.25) is 5.78 Å². The third-order valence-corrected chi connectivity index (χ3v) is 3.15. The number of hydrogen-bond donors (Lipinski definition) is 1. The third kappa shape index (κ3) is 4.31. The van der Waals surface area contributed by atoms with Gasteiger partial charge in [-0.1, -0.05) is 25.2 Å². The molecule has 0 aromatic carbocycles. The molecular formula is C17H24O5. The number of carbonyl (C=O) groups excluding carboxylic acids is 2. The number of hydrogen-bond acceptors (Lipinski definition) is 5. The molecule has 0 amide bonds. The highest BCUT2D eigenvalue weighted by Crippen LogP contribution is 2.34. The zero-order chi connectivity index (χ0) is 16.8. The van der Waals surface area contributed by atoms with Gasteiger partial charge >= 0.3 is 5.97 Å². The van der Waals surface area contributed by atoms with Gasteiger partial charge in [-0.05, 0) is 33.3 Å². The lowest BCUT2D eigenvalue weighted by molar-refractivity contribution is -0.140. The molecule has 0 aromatic heterocycles. The van der Waals surface area contributed by atoms with Crippen LogP contribution in [-0.2, 0) is 19.1 Å². The molecule has 2 atom stereocenters. The normalized spacial score (nSPS) is 23.4. The van der Waals surface area contributed by atoms with Gasteiger partial charge in [-0.2, -0.15) is 0 Å². The first-order valence-corrected chi connectivity index (χ1v) is 7.52. The summed E-state index contributed by atoms with van der Waals surface area (Å²) in [6.07, 6.45) is 7.34. The molecule has 0 saturated carbocycles. The van der Waals surface area contributed by atoms with E-state index in [1.54, 1.807) is 32.9 Å². The van der Waals surface area contributed by atoms with Crippen LogP contribution in [0.2, 0.25) is 0 Å². The van der Waals surface area contributed by atoms with E-state index in [0.717, 1.165) is 6.42 Å². The van der Waals surface area contributed by atoms with Crippen LogP contribution in [0.1, 0.15) is 40.5 Å². The van der Waals surface area contributed by atoms with E-state index >= 15 is 0 Å². The monoisotopic (exact) mass is 308 g/mol. The van der Waals surface area contributed by atoms with Crippen molar-refractivity contribution in [2.24, 2.45) is 0 Å². The minimum absolute atomic E-state index is 0.0914. The highest BCUT2D eigenvalue weighted by atomic mass is 16.5. The molecule has 0 fully saturated rings. The summed E-state index contributed by atoms with van der Waals surface area (Å²) in [5.41, 5.74) is -1.35. The molecule has 0 radical (unpaired) electrons. The van der Waals surface area contributed by atoms with Crippen LogP contribution >= 0.6 is 0 Å². The Kier molecular flexibility index (Phi) is 6.56. The van der Waals surface area contributed by atoms with Gasteiger partial charge in [-0.15, -0.1) is 0 Å². The molecule has 5 heteroatoms. The quantitative estimate of drug-likeness (QED) is 0.444. The lowest BCUT2D eigenvalue weighted by atomic mass is 9.95. The first-order chi connectivity index (χ1) is 10.4. The predicted octanol–water partition coefficient (Wildman–Crippen LogP) is 2.45. The van der Waals surface area contributed by atoms with Crippen LogP contribution in [0, 0.1) is 0 Å². The van der Waals surface area contributed by atoms with Gasteiger partial charge in [-0.3, -0.25) is 4.79 Å². The molecule has 1 aliphatic rings. The van der Waals surface area contributed by atoms with E-state index < -0.39 is 23.5 Å². The Morgan fingerprint density at radius 2 is 2.09 bits per heavy atom. The smallest absolute Gasteiger partial charge is 0.345 e. The fourth-order valence-corrected chi connectivity index (χ4v) is 2.11. The molecule has 122 valence electrons. The van der Waals surface area contributed by atoms with Gasteiger partial charge in [0.05, 0.1) is 12.7 Å². The second kappa shape index (κ2) is 7.94. The second-order valence-electron chi connectivity index (χ2n) is 5.31. The van der Waals surface area contributed by atoms with E-state index in [4.69, 9.17) is 9.47 Å². The number of esters is 1. The van der Waals surface area contributed by atoms with E-state index in [1.807, 2.05) is 19.1 Å². The molecule has 1 N–H and O–H groups in total. The van der Waals surface area contributed by atoms with Crippen molar-refractivity contribution < 1.29 is 24.2 Å². The lowest BCUT2D eigenvalue weighted by Gasteiger charge is -2.19. The van der Waals surface area contributed by atoms with Crippen molar-refractivity contribution in [3.63, 3.8) is 0 Å². The van der Waals surface area contributed by atoms with E-state index in [2.05, 4.69) is 0 Å². The molecule has 22 heavy (non-hydrogen) atoms. The number of aliphatic hydroxyl groups is 1. The highest BCUT2D eigenvalue weighted by Gasteiger charge is 2.47. The van der Waals surface area contributed by atoms with E-state index in [9.17, 15) is 14.7 Å². The second-order valence-corrected chi connectivity index (χ2v) is 5.31. The van der Waals surface area contributed by atoms with Gasteiger partial charge in [0.15, 0.2) is 5.60 Å². The maximum Gasteiger partial charge on any atom is 0.345 e. The number of ether oxygens (including phenoxy) is 2. The predicted molar refractivity (Wildman–Crippen MR) is 83.0 cm³/mol. The Balaban J connectivity index is 3.07. The Morgan fingerprint density at radius 1 is 1.41 bits per heavy atom. The summed E-state index contributed by atoms with van der Waals surface area (Å²) in [5.74, 6) is -0.961. The van der Waals surface area contributed by atoms with E-state index in [0.29, 0.717) is 0 Å². The maximum atomic E-state index is 12.6. The van der Waals surface area contributed by atoms with Crippen LogP contribution in [0.25, 0.3) is 0 Å². The van der Waals surface area contributed by atoms with Gasteiger partial charge in [0.1, 0.15) is 11.3 Å². The van der Waals surface area contributed by atoms with E-state index in [-0.39, 0.29) is 24.4 Å². The molecule has 0 saturated heterocycles. The SMILES string of the molecule is CC/C=C/C=C/C1(C)OC(CC(C)O)=C(C(=O)OCC)C1=O. The Labute approximate surface area is 131 Å². The van der Waals surface area contributed by atoms with Crippen molar-refractivity contribution in [1.29, 1.82) is 0 Å². The van der Waals surface area contributed by atoms with Crippen LogP contribution < -0.4 is 0 Å². The van der Waals surface area contributed by atoms with Crippen molar-refractivity contribution in [2.45, 2.75) is 52.2 Å². The zero-order valence-electron chi connectivity index (χ0n) is 13.6. The summed E-state index contributed by atoms with van der Waals surface area (Å²) in [6.45, 7) is 7.01. The third-order valence-electron chi connectivity index (χ3n) is 3.15. The van der Waals surface area contributed by atoms with Gasteiger partial charge in [0, 0.05) is 6.42 Å². The molecule has 5 nitrogen and oxygen atoms in total. The lowest BCUT2D eigenvalue weighted by Crippen LogP contribution is -2.33. The number of allylic oxidation sites excluding steroid dienone is 3. The molecule has 1 aliphatic heterocycles. The standard InChI is InChI=1S/C17H24O5/c1-5-7-8-9-10-17(4)15(19)14(16(20)21-6-2)13(22-17)11-12(3)18/h7-10,12,18H,5-6,11H2,1-4H3/b8-7+,10-9+. The topological polar surface area (TPSA) is 72.8 Å². The molecule has 1 heterocycles. The number of ketones is 1. The number of Topliss-reactive ketones (excluding diaryl/α,β-unsaturated/α-hetero) is 1. The fraction of sp³-hybridized carbons (Fsp3) is 0.529. The highest BCUT2D eigenvalue weighted by molar-refractivity contribution is 6.22. The summed E-state index contributed by atoms with van der Waals surface area (Å²) in [6, 6.07) is 0. The number of aliphatic hydroxyl groups excluding tert-OH is 1. The van der Waals surface area contributed by atoms with Crippen LogP contribution in [-0.4, -0.2) is 35.2 Å². The molecule has 1 rings (SSSR count). The van der Waals surface area contributed by atoms with Crippen LogP contribution in [0.4, 0.5) is 0 Å². The first-order valence-electron chi connectivity index (χ1n) is 7.52. The summed E-state index contributed by atoms with van der Waals surface area (Å²) in [7, 11) is 0. The van der Waals surface area contributed by atoms with Gasteiger partial charge in [0.25, 0.3) is 0 Å². The Morgan fingerprint density at radius 3 is 2.64 bits per heavy atom. The average Bonchev–Trinajstić information content (AvgIpc) is 2.66. The maximum absolute atomic E-state index is 12.6. The van der Waals surface area contributed by atoms with Crippen molar-refractivity contribution in [2.75, 3.05) is 6.61 Å². The zero-order valence-corrected chi connectivity index (χ0v) is 13.6. The largest absolute Gasteiger partial charge is 0.478 e. The Hall–Kier alpha value is -1.88. The van der Waals surface area contributed by atoms with Crippen LogP contribution in [0.15, 0.2) is 35.6 Å². The van der Waals surface area contributed by atoms with Crippen molar-refractivity contribution in [1.82, 2.24) is 0 Å². The van der Waals surface area contributed by atoms with Crippen LogP contribution in [0.5, 0.6) is 0 Å². The summed E-state index contributed by atoms with van der Waals surface area (Å²) >= 11 is 0. The summed E-state index contributed by atoms with van der Waals surface area (Å²) in [4.78, 5) is 24.6. The van der Waals surface area contributed by atoms with Gasteiger partial charge < -0.3 is 14.6 Å². The van der Waals surface area contributed by atoms with E-state index in [1.165, 1.54) is 0 Å². The minimum Gasteiger partial charge on any atom is -0.478 e. The summed E-state index contributed by atoms with van der Waals surface area (Å²) in [5, 5.41) is 9.54. The Bertz CT molecular complexity index is 513. The molecule has 0 spiro atoms. The van der Waals surface area contributed by atoms with Crippen LogP contribution in [0.3, 0.4) is 0 Å². The molecule has 0 bridgehead atoms. The van der Waals surface area contributed by atoms with Crippen molar-refractivity contribution >= 4 is 11.8 Å². The number of rotatable bonds is 7. The van der Waals surface area contributed by atoms with Crippen molar-refractivity contribution in [3.05, 3.63) is 35.6 Å².